The van der Waals surface area contributed by atoms with Crippen LogP contribution in [0, 0.1) is 0 Å². The SMILES string of the molecule is O=C(Cc1csc(-c2ccccn2)n1)N1CCN(CC(=O)N2CCCCC2)CC1. The average molecular weight is 414 g/mol. The lowest BCUT2D eigenvalue weighted by molar-refractivity contribution is -0.135. The van der Waals surface area contributed by atoms with E-state index in [2.05, 4.69) is 14.9 Å². The maximum atomic E-state index is 12.7. The number of piperazine rings is 1. The number of carbonyl (C=O) groups excluding carboxylic acids is 2. The minimum atomic E-state index is 0.102. The molecule has 2 fully saturated rings. The zero-order chi connectivity index (χ0) is 20.1. The molecule has 154 valence electrons. The van der Waals surface area contributed by atoms with Gasteiger partial charge >= 0.3 is 0 Å². The molecule has 0 aliphatic carbocycles. The molecule has 2 amide bonds. The van der Waals surface area contributed by atoms with Crippen LogP contribution >= 0.6 is 11.3 Å². The Morgan fingerprint density at radius 3 is 2.41 bits per heavy atom. The van der Waals surface area contributed by atoms with Crippen LogP contribution in [0.2, 0.25) is 0 Å². The summed E-state index contributed by atoms with van der Waals surface area (Å²) in [5.41, 5.74) is 1.63. The highest BCUT2D eigenvalue weighted by Gasteiger charge is 2.25. The fraction of sp³-hybridized carbons (Fsp3) is 0.524. The molecule has 0 spiro atoms. The number of piperidine rings is 1. The third kappa shape index (κ3) is 5.19. The summed E-state index contributed by atoms with van der Waals surface area (Å²) in [6.07, 6.45) is 5.53. The van der Waals surface area contributed by atoms with E-state index in [1.165, 1.54) is 17.8 Å². The summed E-state index contributed by atoms with van der Waals surface area (Å²) >= 11 is 1.52. The average Bonchev–Trinajstić information content (AvgIpc) is 3.24. The number of amides is 2. The predicted molar refractivity (Wildman–Crippen MR) is 113 cm³/mol. The van der Waals surface area contributed by atoms with Gasteiger partial charge in [-0.05, 0) is 31.4 Å². The normalized spacial score (nSPS) is 18.1. The van der Waals surface area contributed by atoms with Crippen molar-refractivity contribution < 1.29 is 9.59 Å². The molecule has 0 N–H and O–H groups in total. The van der Waals surface area contributed by atoms with Crippen molar-refractivity contribution in [2.45, 2.75) is 25.7 Å². The Morgan fingerprint density at radius 2 is 1.69 bits per heavy atom. The van der Waals surface area contributed by atoms with E-state index in [0.29, 0.717) is 26.1 Å². The van der Waals surface area contributed by atoms with E-state index in [4.69, 9.17) is 0 Å². The Bertz CT molecular complexity index is 827. The molecule has 2 aromatic rings. The lowest BCUT2D eigenvalue weighted by Gasteiger charge is -2.36. The monoisotopic (exact) mass is 413 g/mol. The molecule has 0 saturated carbocycles. The van der Waals surface area contributed by atoms with E-state index in [1.54, 1.807) is 6.20 Å². The summed E-state index contributed by atoms with van der Waals surface area (Å²) in [5, 5.41) is 2.78. The van der Waals surface area contributed by atoms with E-state index >= 15 is 0 Å². The molecule has 4 heterocycles. The maximum Gasteiger partial charge on any atom is 0.236 e. The number of nitrogens with zero attached hydrogens (tertiary/aromatic N) is 5. The number of rotatable bonds is 5. The fourth-order valence-electron chi connectivity index (χ4n) is 3.85. The van der Waals surface area contributed by atoms with E-state index < -0.39 is 0 Å². The van der Waals surface area contributed by atoms with Crippen LogP contribution in [-0.2, 0) is 16.0 Å². The zero-order valence-corrected chi connectivity index (χ0v) is 17.4. The van der Waals surface area contributed by atoms with Crippen molar-refractivity contribution in [3.05, 3.63) is 35.5 Å². The molecule has 8 heteroatoms. The molecule has 0 aromatic carbocycles. The molecule has 0 unspecified atom stereocenters. The van der Waals surface area contributed by atoms with Gasteiger partial charge in [-0.1, -0.05) is 6.07 Å². The second-order valence-electron chi connectivity index (χ2n) is 7.63. The summed E-state index contributed by atoms with van der Waals surface area (Å²) in [6, 6.07) is 5.74. The Morgan fingerprint density at radius 1 is 0.931 bits per heavy atom. The van der Waals surface area contributed by atoms with Crippen molar-refractivity contribution in [1.82, 2.24) is 24.7 Å². The number of likely N-dealkylation sites (tertiary alicyclic amines) is 1. The third-order valence-electron chi connectivity index (χ3n) is 5.56. The van der Waals surface area contributed by atoms with E-state index in [9.17, 15) is 9.59 Å². The molecule has 4 rings (SSSR count). The van der Waals surface area contributed by atoms with E-state index in [-0.39, 0.29) is 11.8 Å². The summed E-state index contributed by atoms with van der Waals surface area (Å²) in [5.74, 6) is 0.332. The van der Waals surface area contributed by atoms with Gasteiger partial charge in [0.05, 0.1) is 24.4 Å². The number of thiazole rings is 1. The van der Waals surface area contributed by atoms with Crippen LogP contribution in [-0.4, -0.2) is 82.3 Å². The minimum absolute atomic E-state index is 0.102. The highest BCUT2D eigenvalue weighted by molar-refractivity contribution is 7.13. The summed E-state index contributed by atoms with van der Waals surface area (Å²) in [4.78, 5) is 40.0. The zero-order valence-electron chi connectivity index (χ0n) is 16.6. The first kappa shape index (κ1) is 20.0. The van der Waals surface area contributed by atoms with E-state index in [0.717, 1.165) is 55.4 Å². The minimum Gasteiger partial charge on any atom is -0.342 e. The van der Waals surface area contributed by atoms with Crippen molar-refractivity contribution in [3.63, 3.8) is 0 Å². The van der Waals surface area contributed by atoms with Crippen LogP contribution in [0.1, 0.15) is 25.0 Å². The third-order valence-corrected chi connectivity index (χ3v) is 6.47. The number of aromatic nitrogens is 2. The second-order valence-corrected chi connectivity index (χ2v) is 8.49. The lowest BCUT2D eigenvalue weighted by atomic mass is 10.1. The van der Waals surface area contributed by atoms with E-state index in [1.807, 2.05) is 33.4 Å². The number of carbonyl (C=O) groups is 2. The molecule has 0 bridgehead atoms. The van der Waals surface area contributed by atoms with Crippen LogP contribution in [0.4, 0.5) is 0 Å². The molecule has 29 heavy (non-hydrogen) atoms. The lowest BCUT2D eigenvalue weighted by Crippen LogP contribution is -2.52. The Kier molecular flexibility index (Phi) is 6.51. The molecule has 0 radical (unpaired) electrons. The fourth-order valence-corrected chi connectivity index (χ4v) is 4.65. The topological polar surface area (TPSA) is 69.6 Å². The molecular formula is C21H27N5O2S. The first-order chi connectivity index (χ1) is 14.2. The van der Waals surface area contributed by atoms with Crippen LogP contribution in [0.3, 0.4) is 0 Å². The molecule has 2 aliphatic rings. The molecular weight excluding hydrogens is 386 g/mol. The van der Waals surface area contributed by atoms with Gasteiger partial charge in [-0.3, -0.25) is 19.5 Å². The first-order valence-corrected chi connectivity index (χ1v) is 11.2. The maximum absolute atomic E-state index is 12.7. The van der Waals surface area contributed by atoms with Gasteiger partial charge in [-0.2, -0.15) is 0 Å². The standard InChI is InChI=1S/C21H27N5O2S/c27-19(14-17-16-29-21(23-17)18-6-2-3-7-22-18)26-12-10-24(11-13-26)15-20(28)25-8-4-1-5-9-25/h2-3,6-7,16H,1,4-5,8-15H2. The summed E-state index contributed by atoms with van der Waals surface area (Å²) in [7, 11) is 0. The number of pyridine rings is 1. The van der Waals surface area contributed by atoms with Crippen molar-refractivity contribution >= 4 is 23.2 Å². The van der Waals surface area contributed by atoms with Crippen molar-refractivity contribution in [2.24, 2.45) is 0 Å². The Balaban J connectivity index is 1.24. The Labute approximate surface area is 175 Å². The summed E-state index contributed by atoms with van der Waals surface area (Å²) < 4.78 is 0. The van der Waals surface area contributed by atoms with Crippen molar-refractivity contribution in [1.29, 1.82) is 0 Å². The van der Waals surface area contributed by atoms with Gasteiger partial charge in [0.1, 0.15) is 5.01 Å². The van der Waals surface area contributed by atoms with Crippen molar-refractivity contribution in [2.75, 3.05) is 45.8 Å². The molecule has 2 aromatic heterocycles. The van der Waals surface area contributed by atoms with Gasteiger partial charge in [-0.15, -0.1) is 11.3 Å². The quantitative estimate of drug-likeness (QED) is 0.749. The summed E-state index contributed by atoms with van der Waals surface area (Å²) in [6.45, 7) is 5.11. The van der Waals surface area contributed by atoms with Crippen LogP contribution in [0.25, 0.3) is 10.7 Å². The van der Waals surface area contributed by atoms with Crippen molar-refractivity contribution in [3.8, 4) is 10.7 Å². The van der Waals surface area contributed by atoms with Gasteiger partial charge in [-0.25, -0.2) is 4.98 Å². The molecule has 0 atom stereocenters. The van der Waals surface area contributed by atoms with Gasteiger partial charge in [0.15, 0.2) is 0 Å². The molecule has 2 saturated heterocycles. The van der Waals surface area contributed by atoms with Gasteiger partial charge in [0, 0.05) is 50.8 Å². The van der Waals surface area contributed by atoms with Crippen LogP contribution in [0.15, 0.2) is 29.8 Å². The highest BCUT2D eigenvalue weighted by atomic mass is 32.1. The molecule has 2 aliphatic heterocycles. The second kappa shape index (κ2) is 9.45. The number of hydrogen-bond acceptors (Lipinski definition) is 6. The largest absolute Gasteiger partial charge is 0.342 e. The van der Waals surface area contributed by atoms with Gasteiger partial charge in [0.25, 0.3) is 0 Å². The van der Waals surface area contributed by atoms with Crippen LogP contribution < -0.4 is 0 Å². The molecule has 7 nitrogen and oxygen atoms in total. The van der Waals surface area contributed by atoms with Gasteiger partial charge < -0.3 is 9.80 Å². The number of hydrogen-bond donors (Lipinski definition) is 0. The Hall–Kier alpha value is -2.32. The highest BCUT2D eigenvalue weighted by Crippen LogP contribution is 2.22. The first-order valence-electron chi connectivity index (χ1n) is 10.3. The van der Waals surface area contributed by atoms with Crippen LogP contribution in [0.5, 0.6) is 0 Å². The predicted octanol–water partition coefficient (Wildman–Crippen LogP) is 1.90. The smallest absolute Gasteiger partial charge is 0.236 e. The van der Waals surface area contributed by atoms with Gasteiger partial charge in [0.2, 0.25) is 11.8 Å².